The molecule has 1 saturated carbocycles. The Balaban J connectivity index is 1.14. The largest absolute Gasteiger partial charge is 0.380 e. The van der Waals surface area contributed by atoms with Crippen LogP contribution >= 0.6 is 0 Å². The number of anilines is 3. The van der Waals surface area contributed by atoms with E-state index in [1.54, 1.807) is 6.20 Å². The summed E-state index contributed by atoms with van der Waals surface area (Å²) in [6.45, 7) is 6.26. The first-order chi connectivity index (χ1) is 15.6. The van der Waals surface area contributed by atoms with Crippen molar-refractivity contribution in [1.82, 2.24) is 19.7 Å². The van der Waals surface area contributed by atoms with Crippen molar-refractivity contribution in [2.75, 3.05) is 43.2 Å². The number of halogens is 1. The van der Waals surface area contributed by atoms with Crippen molar-refractivity contribution in [3.63, 3.8) is 0 Å². The third kappa shape index (κ3) is 3.52. The minimum absolute atomic E-state index is 0.203. The normalized spacial score (nSPS) is 20.0. The minimum atomic E-state index is -0.283. The summed E-state index contributed by atoms with van der Waals surface area (Å²) < 4.78 is 20.4. The zero-order valence-corrected chi connectivity index (χ0v) is 18.2. The summed E-state index contributed by atoms with van der Waals surface area (Å²) in [5, 5.41) is 7.75. The molecule has 3 fully saturated rings. The smallest absolute Gasteiger partial charge is 0.227 e. The second-order valence-electron chi connectivity index (χ2n) is 9.81. The quantitative estimate of drug-likeness (QED) is 0.607. The number of rotatable bonds is 7. The van der Waals surface area contributed by atoms with Crippen LogP contribution in [0.1, 0.15) is 18.4 Å². The number of benzene rings is 1. The van der Waals surface area contributed by atoms with Crippen LogP contribution in [0.5, 0.6) is 0 Å². The molecule has 0 radical (unpaired) electrons. The van der Waals surface area contributed by atoms with Crippen molar-refractivity contribution in [1.29, 1.82) is 0 Å². The SMILES string of the molecule is Cc1cnc(Nc2ccc(N3CC4(COC4)C3)cc2)nc1-c1cnn(CC2(CF)CC2)c1. The molecule has 0 amide bonds. The van der Waals surface area contributed by atoms with Crippen molar-refractivity contribution in [3.8, 4) is 11.3 Å². The maximum absolute atomic E-state index is 13.2. The van der Waals surface area contributed by atoms with Gasteiger partial charge in [0.25, 0.3) is 0 Å². The van der Waals surface area contributed by atoms with E-state index in [0.29, 0.717) is 17.9 Å². The fourth-order valence-electron chi connectivity index (χ4n) is 4.63. The summed E-state index contributed by atoms with van der Waals surface area (Å²) in [5.41, 5.74) is 5.11. The first kappa shape index (κ1) is 19.7. The van der Waals surface area contributed by atoms with E-state index in [1.165, 1.54) is 5.69 Å². The van der Waals surface area contributed by atoms with Crippen molar-refractivity contribution in [3.05, 3.63) is 48.4 Å². The van der Waals surface area contributed by atoms with Crippen LogP contribution in [0.4, 0.5) is 21.7 Å². The van der Waals surface area contributed by atoms with Gasteiger partial charge in [-0.15, -0.1) is 0 Å². The number of alkyl halides is 1. The Kier molecular flexibility index (Phi) is 4.47. The summed E-state index contributed by atoms with van der Waals surface area (Å²) in [4.78, 5) is 11.6. The van der Waals surface area contributed by atoms with Gasteiger partial charge in [-0.1, -0.05) is 0 Å². The van der Waals surface area contributed by atoms with Crippen LogP contribution in [0.3, 0.4) is 0 Å². The molecule has 0 unspecified atom stereocenters. The van der Waals surface area contributed by atoms with Gasteiger partial charge in [0.2, 0.25) is 5.95 Å². The van der Waals surface area contributed by atoms with Crippen molar-refractivity contribution >= 4 is 17.3 Å². The van der Waals surface area contributed by atoms with E-state index < -0.39 is 0 Å². The first-order valence-electron chi connectivity index (χ1n) is 11.2. The molecule has 2 aliphatic heterocycles. The first-order valence-corrected chi connectivity index (χ1v) is 11.2. The van der Waals surface area contributed by atoms with Crippen molar-refractivity contribution < 1.29 is 9.13 Å². The second kappa shape index (κ2) is 7.27. The molecule has 2 aromatic heterocycles. The van der Waals surface area contributed by atoms with Crippen LogP contribution in [0, 0.1) is 17.8 Å². The highest BCUT2D eigenvalue weighted by atomic mass is 19.1. The van der Waals surface area contributed by atoms with Crippen LogP contribution in [0.15, 0.2) is 42.9 Å². The van der Waals surface area contributed by atoms with Crippen LogP contribution in [0.25, 0.3) is 11.3 Å². The fourth-order valence-corrected chi connectivity index (χ4v) is 4.63. The lowest BCUT2D eigenvalue weighted by Crippen LogP contribution is -2.66. The molecular weight excluding hydrogens is 407 g/mol. The highest BCUT2D eigenvalue weighted by Gasteiger charge is 2.49. The van der Waals surface area contributed by atoms with Crippen LogP contribution in [-0.4, -0.2) is 52.7 Å². The van der Waals surface area contributed by atoms with Gasteiger partial charge in [0.15, 0.2) is 0 Å². The lowest BCUT2D eigenvalue weighted by Gasteiger charge is -2.56. The van der Waals surface area contributed by atoms with Gasteiger partial charge in [-0.3, -0.25) is 9.07 Å². The molecule has 1 aliphatic carbocycles. The van der Waals surface area contributed by atoms with Gasteiger partial charge in [0.05, 0.1) is 37.2 Å². The van der Waals surface area contributed by atoms with Gasteiger partial charge in [-0.25, -0.2) is 9.97 Å². The van der Waals surface area contributed by atoms with E-state index in [-0.39, 0.29) is 12.1 Å². The molecule has 0 bridgehead atoms. The molecule has 6 rings (SSSR count). The zero-order chi connectivity index (χ0) is 21.8. The van der Waals surface area contributed by atoms with E-state index in [1.807, 2.05) is 24.0 Å². The summed E-state index contributed by atoms with van der Waals surface area (Å²) in [5.74, 6) is 0.544. The molecule has 3 aliphatic rings. The van der Waals surface area contributed by atoms with Gasteiger partial charge < -0.3 is 15.0 Å². The summed E-state index contributed by atoms with van der Waals surface area (Å²) in [6.07, 6.45) is 7.45. The Labute approximate surface area is 186 Å². The molecule has 0 atom stereocenters. The molecule has 1 spiro atoms. The number of aryl methyl sites for hydroxylation is 1. The monoisotopic (exact) mass is 434 g/mol. The Hall–Kier alpha value is -3.00. The van der Waals surface area contributed by atoms with Gasteiger partial charge in [-0.05, 0) is 49.6 Å². The highest BCUT2D eigenvalue weighted by Crippen LogP contribution is 2.47. The van der Waals surface area contributed by atoms with Gasteiger partial charge in [-0.2, -0.15) is 5.10 Å². The molecule has 2 saturated heterocycles. The Bertz CT molecular complexity index is 1130. The lowest BCUT2D eigenvalue weighted by molar-refractivity contribution is -0.127. The predicted octanol–water partition coefficient (Wildman–Crippen LogP) is 3.98. The maximum Gasteiger partial charge on any atom is 0.227 e. The van der Waals surface area contributed by atoms with Crippen LogP contribution in [0.2, 0.25) is 0 Å². The summed E-state index contributed by atoms with van der Waals surface area (Å²) in [7, 11) is 0. The molecule has 1 N–H and O–H groups in total. The number of nitrogens with zero attached hydrogens (tertiary/aromatic N) is 5. The minimum Gasteiger partial charge on any atom is -0.380 e. The van der Waals surface area contributed by atoms with Gasteiger partial charge >= 0.3 is 0 Å². The van der Waals surface area contributed by atoms with Gasteiger partial charge in [0, 0.05) is 54.4 Å². The van der Waals surface area contributed by atoms with E-state index in [0.717, 1.165) is 61.7 Å². The third-order valence-corrected chi connectivity index (χ3v) is 6.97. The fraction of sp³-hybridized carbons (Fsp3) is 0.458. The second-order valence-corrected chi connectivity index (χ2v) is 9.81. The van der Waals surface area contributed by atoms with Crippen molar-refractivity contribution in [2.24, 2.45) is 10.8 Å². The number of hydrogen-bond donors (Lipinski definition) is 1. The molecule has 166 valence electrons. The molecule has 32 heavy (non-hydrogen) atoms. The summed E-state index contributed by atoms with van der Waals surface area (Å²) >= 11 is 0. The standard InChI is InChI=1S/C24H27FN6O/c1-17-8-26-22(29-21(17)18-9-27-31(10-18)14-23(11-25)6-7-23)28-19-2-4-20(5-3-19)30-12-24(13-30)15-32-16-24/h2-5,8-10H,6-7,11-16H2,1H3,(H,26,28,29). The molecule has 1 aromatic carbocycles. The van der Waals surface area contributed by atoms with E-state index in [9.17, 15) is 4.39 Å². The van der Waals surface area contributed by atoms with Crippen LogP contribution in [-0.2, 0) is 11.3 Å². The maximum atomic E-state index is 13.2. The Morgan fingerprint density at radius 2 is 1.91 bits per heavy atom. The topological polar surface area (TPSA) is 68.1 Å². The van der Waals surface area contributed by atoms with Gasteiger partial charge in [0.1, 0.15) is 0 Å². The lowest BCUT2D eigenvalue weighted by atomic mass is 9.78. The molecule has 8 heteroatoms. The third-order valence-electron chi connectivity index (χ3n) is 6.97. The number of aromatic nitrogens is 4. The van der Waals surface area contributed by atoms with Crippen LogP contribution < -0.4 is 10.2 Å². The van der Waals surface area contributed by atoms with E-state index >= 15 is 0 Å². The number of ether oxygens (including phenoxy) is 1. The van der Waals surface area contributed by atoms with E-state index in [2.05, 4.69) is 44.6 Å². The predicted molar refractivity (Wildman–Crippen MR) is 121 cm³/mol. The average molecular weight is 435 g/mol. The molecule has 4 heterocycles. The number of hydrogen-bond acceptors (Lipinski definition) is 6. The molecular formula is C24H27FN6O. The Morgan fingerprint density at radius 3 is 2.56 bits per heavy atom. The summed E-state index contributed by atoms with van der Waals surface area (Å²) in [6, 6.07) is 8.38. The zero-order valence-electron chi connectivity index (χ0n) is 18.2. The highest BCUT2D eigenvalue weighted by molar-refractivity contribution is 5.65. The Morgan fingerprint density at radius 1 is 1.12 bits per heavy atom. The van der Waals surface area contributed by atoms with Crippen molar-refractivity contribution in [2.45, 2.75) is 26.3 Å². The molecule has 3 aromatic rings. The van der Waals surface area contributed by atoms with E-state index in [4.69, 9.17) is 9.72 Å². The number of nitrogens with one attached hydrogen (secondary N) is 1. The average Bonchev–Trinajstić information content (AvgIpc) is 3.36. The molecule has 7 nitrogen and oxygen atoms in total.